The van der Waals surface area contributed by atoms with Gasteiger partial charge in [0.1, 0.15) is 4.90 Å². The summed E-state index contributed by atoms with van der Waals surface area (Å²) in [6.45, 7) is 0.883. The van der Waals surface area contributed by atoms with Gasteiger partial charge in [0.05, 0.1) is 18.5 Å². The minimum Gasteiger partial charge on any atom is -0.477 e. The van der Waals surface area contributed by atoms with Crippen molar-refractivity contribution in [1.29, 1.82) is 0 Å². The topological polar surface area (TPSA) is 132 Å². The Hall–Kier alpha value is -2.64. The first-order valence-electron chi connectivity index (χ1n) is 10.5. The smallest absolute Gasteiger partial charge is 0.421 e. The number of halogens is 3. The highest BCUT2D eigenvalue weighted by atomic mass is 32.2. The third-order valence-corrected chi connectivity index (χ3v) is 7.75. The van der Waals surface area contributed by atoms with Crippen molar-refractivity contribution in [3.8, 4) is 5.88 Å². The number of hydrogen-bond acceptors (Lipinski definition) is 5. The van der Waals surface area contributed by atoms with Crippen molar-refractivity contribution in [1.82, 2.24) is 9.78 Å². The highest BCUT2D eigenvalue weighted by molar-refractivity contribution is 7.91. The van der Waals surface area contributed by atoms with Gasteiger partial charge >= 0.3 is 12.2 Å². The third-order valence-electron chi connectivity index (χ3n) is 6.40. The van der Waals surface area contributed by atoms with Crippen LogP contribution < -0.4 is 15.2 Å². The second-order valence-corrected chi connectivity index (χ2v) is 10.2. The lowest BCUT2D eigenvalue weighted by Crippen LogP contribution is -2.41. The molecule has 2 aromatic rings. The minimum atomic E-state index is -4.93. The van der Waals surface area contributed by atoms with E-state index in [4.69, 9.17) is 9.88 Å². The van der Waals surface area contributed by atoms with Gasteiger partial charge in [-0.1, -0.05) is 6.07 Å². The number of alkyl halides is 3. The standard InChI is InChI=1S/C20H22F3N5O4S/c21-20(22,23)19(30)6-5-12-9-11-3-1-4-13(11)16(15(12)19)26-18(29)27-33(24,31)14-10-25-28-7-2-8-32-17(14)28/h9-10,30H,1-8H2,(H3,24,26,27,29,31)/t19-,33?/m0/s1. The summed E-state index contributed by atoms with van der Waals surface area (Å²) in [7, 11) is -3.79. The van der Waals surface area contributed by atoms with Crippen LogP contribution in [0.4, 0.5) is 23.7 Å². The molecule has 2 amide bonds. The van der Waals surface area contributed by atoms with E-state index in [-0.39, 0.29) is 28.4 Å². The van der Waals surface area contributed by atoms with Crippen LogP contribution in [0, 0.1) is 0 Å². The van der Waals surface area contributed by atoms with E-state index in [9.17, 15) is 27.3 Å². The lowest BCUT2D eigenvalue weighted by Gasteiger charge is -2.29. The van der Waals surface area contributed by atoms with Crippen molar-refractivity contribution < 1.29 is 32.0 Å². The molecule has 33 heavy (non-hydrogen) atoms. The van der Waals surface area contributed by atoms with Gasteiger partial charge in [0, 0.05) is 18.5 Å². The van der Waals surface area contributed by atoms with Crippen molar-refractivity contribution in [2.24, 2.45) is 9.50 Å². The molecule has 0 radical (unpaired) electrons. The number of hydrogen-bond donors (Lipinski definition) is 3. The maximum atomic E-state index is 13.8. The van der Waals surface area contributed by atoms with E-state index in [0.717, 1.165) is 5.56 Å². The molecular formula is C20H22F3N5O4S. The highest BCUT2D eigenvalue weighted by Gasteiger charge is 2.59. The van der Waals surface area contributed by atoms with E-state index in [2.05, 4.69) is 14.8 Å². The number of ether oxygens (including phenoxy) is 1. The number of urea groups is 1. The van der Waals surface area contributed by atoms with E-state index in [0.29, 0.717) is 50.0 Å². The van der Waals surface area contributed by atoms with Gasteiger partial charge < -0.3 is 15.2 Å². The molecule has 1 aromatic heterocycles. The highest BCUT2D eigenvalue weighted by Crippen LogP contribution is 2.53. The first kappa shape index (κ1) is 22.2. The van der Waals surface area contributed by atoms with E-state index >= 15 is 0 Å². The van der Waals surface area contributed by atoms with Gasteiger partial charge in [0.25, 0.3) is 0 Å². The fraction of sp³-hybridized carbons (Fsp3) is 0.500. The van der Waals surface area contributed by atoms with Crippen molar-refractivity contribution in [3.63, 3.8) is 0 Å². The maximum Gasteiger partial charge on any atom is 0.421 e. The van der Waals surface area contributed by atoms with Crippen LogP contribution >= 0.6 is 0 Å². The Kier molecular flexibility index (Phi) is 4.99. The van der Waals surface area contributed by atoms with Crippen molar-refractivity contribution >= 4 is 21.6 Å². The molecule has 2 atom stereocenters. The molecule has 5 rings (SSSR count). The Balaban J connectivity index is 1.56. The number of nitrogens with one attached hydrogen (secondary N) is 1. The summed E-state index contributed by atoms with van der Waals surface area (Å²) in [6, 6.07) is 0.508. The summed E-state index contributed by atoms with van der Waals surface area (Å²) in [5, 5.41) is 22.9. The fourth-order valence-corrected chi connectivity index (χ4v) is 5.89. The maximum absolute atomic E-state index is 13.8. The zero-order valence-electron chi connectivity index (χ0n) is 17.4. The van der Waals surface area contributed by atoms with Crippen LogP contribution in [0.25, 0.3) is 0 Å². The average Bonchev–Trinajstić information content (AvgIpc) is 3.44. The molecule has 13 heteroatoms. The lowest BCUT2D eigenvalue weighted by molar-refractivity contribution is -0.265. The number of nitrogens with two attached hydrogens (primary N) is 1. The number of anilines is 1. The molecule has 0 bridgehead atoms. The number of nitrogens with zero attached hydrogens (tertiary/aromatic N) is 3. The van der Waals surface area contributed by atoms with Crippen molar-refractivity contribution in [2.75, 3.05) is 11.9 Å². The van der Waals surface area contributed by atoms with E-state index in [1.54, 1.807) is 6.07 Å². The number of rotatable bonds is 2. The van der Waals surface area contributed by atoms with Crippen LogP contribution in [0.15, 0.2) is 21.5 Å². The molecule has 9 nitrogen and oxygen atoms in total. The number of carbonyl (C=O) groups is 1. The summed E-state index contributed by atoms with van der Waals surface area (Å²) >= 11 is 0. The number of carbonyl (C=O) groups excluding carboxylic acids is 1. The van der Waals surface area contributed by atoms with Crippen molar-refractivity contribution in [2.45, 2.75) is 61.7 Å². The van der Waals surface area contributed by atoms with Crippen LogP contribution in [-0.4, -0.2) is 37.9 Å². The molecule has 3 aliphatic rings. The van der Waals surface area contributed by atoms with Gasteiger partial charge in [-0.05, 0) is 48.8 Å². The first-order valence-corrected chi connectivity index (χ1v) is 12.1. The first-order chi connectivity index (χ1) is 15.5. The van der Waals surface area contributed by atoms with Gasteiger partial charge in [-0.25, -0.2) is 18.8 Å². The number of aryl methyl sites for hydroxylation is 3. The Morgan fingerprint density at radius 2 is 2.09 bits per heavy atom. The Bertz CT molecular complexity index is 1280. The monoisotopic (exact) mass is 485 g/mol. The molecule has 1 aromatic carbocycles. The summed E-state index contributed by atoms with van der Waals surface area (Å²) in [5.41, 5.74) is -1.90. The molecule has 178 valence electrons. The molecule has 2 heterocycles. The van der Waals surface area contributed by atoms with Gasteiger partial charge in [0.15, 0.2) is 15.5 Å². The van der Waals surface area contributed by atoms with E-state index < -0.39 is 34.1 Å². The molecular weight excluding hydrogens is 463 g/mol. The second-order valence-electron chi connectivity index (χ2n) is 8.46. The Morgan fingerprint density at radius 1 is 1.30 bits per heavy atom. The van der Waals surface area contributed by atoms with Crippen LogP contribution in [0.1, 0.15) is 41.5 Å². The van der Waals surface area contributed by atoms with Crippen LogP contribution in [0.5, 0.6) is 5.88 Å². The van der Waals surface area contributed by atoms with E-state index in [1.807, 2.05) is 0 Å². The summed E-state index contributed by atoms with van der Waals surface area (Å²) in [4.78, 5) is 12.7. The van der Waals surface area contributed by atoms with Gasteiger partial charge in [-0.15, -0.1) is 4.36 Å². The van der Waals surface area contributed by atoms with Gasteiger partial charge in [-0.3, -0.25) is 0 Å². The largest absolute Gasteiger partial charge is 0.477 e. The van der Waals surface area contributed by atoms with Gasteiger partial charge in [0.2, 0.25) is 5.88 Å². The molecule has 1 aliphatic heterocycles. The molecule has 2 aliphatic carbocycles. The lowest BCUT2D eigenvalue weighted by atomic mass is 9.90. The quantitative estimate of drug-likeness (QED) is 0.602. The Morgan fingerprint density at radius 3 is 2.85 bits per heavy atom. The fourth-order valence-electron chi connectivity index (χ4n) is 4.89. The minimum absolute atomic E-state index is 0.0200. The number of aliphatic hydroxyl groups is 1. The SMILES string of the molecule is NS(=O)(=NC(=O)Nc1c2c(cc3c1[C@](O)(C(F)(F)F)CC3)CCC2)c1cnn2c1OCCC2. The number of benzene rings is 1. The average molecular weight is 485 g/mol. The summed E-state index contributed by atoms with van der Waals surface area (Å²) < 4.78 is 65.1. The molecule has 4 N–H and O–H groups in total. The normalized spacial score (nSPS) is 23.2. The van der Waals surface area contributed by atoms with E-state index in [1.165, 1.54) is 10.9 Å². The molecule has 0 spiro atoms. The molecule has 0 fully saturated rings. The van der Waals surface area contributed by atoms with Crippen LogP contribution in [0.3, 0.4) is 0 Å². The number of amides is 2. The second kappa shape index (κ2) is 7.43. The summed E-state index contributed by atoms with van der Waals surface area (Å²) in [5.74, 6) is 0.151. The molecule has 1 unspecified atom stereocenters. The predicted octanol–water partition coefficient (Wildman–Crippen LogP) is 2.78. The third kappa shape index (κ3) is 3.49. The van der Waals surface area contributed by atoms with Crippen molar-refractivity contribution in [3.05, 3.63) is 34.5 Å². The zero-order valence-corrected chi connectivity index (χ0v) is 18.3. The molecule has 0 saturated heterocycles. The number of fused-ring (bicyclic) bond motifs is 3. The summed E-state index contributed by atoms with van der Waals surface area (Å²) in [6.07, 6.45) is -1.75. The zero-order chi connectivity index (χ0) is 23.6. The number of aromatic nitrogens is 2. The van der Waals surface area contributed by atoms with Crippen LogP contribution in [0.2, 0.25) is 0 Å². The molecule has 0 saturated carbocycles. The Labute approximate surface area is 187 Å². The van der Waals surface area contributed by atoms with Gasteiger partial charge in [-0.2, -0.15) is 18.3 Å². The van der Waals surface area contributed by atoms with Crippen LogP contribution in [-0.2, 0) is 41.3 Å². The predicted molar refractivity (Wildman–Crippen MR) is 111 cm³/mol.